The molecule has 2 aliphatic rings. The van der Waals surface area contributed by atoms with Gasteiger partial charge in [-0.15, -0.1) is 0 Å². The highest BCUT2D eigenvalue weighted by Gasteiger charge is 2.44. The molecule has 4 rings (SSSR count). The van der Waals surface area contributed by atoms with E-state index in [1.54, 1.807) is 23.1 Å². The van der Waals surface area contributed by atoms with Gasteiger partial charge in [0, 0.05) is 29.1 Å². The molecule has 1 aliphatic heterocycles. The topological polar surface area (TPSA) is 66.6 Å². The first-order chi connectivity index (χ1) is 13.8. The number of carbonyl (C=O) groups is 2. The SMILES string of the molecule is CN(C)CC1(c2cccc(CCN3C(=O)c4cc(Cl)ccc4C3C(N)=O)c2)CC1. The molecule has 2 aromatic carbocycles. The summed E-state index contributed by atoms with van der Waals surface area (Å²) in [5, 5.41) is 0.477. The van der Waals surface area contributed by atoms with E-state index in [1.807, 2.05) is 0 Å². The highest BCUT2D eigenvalue weighted by Crippen LogP contribution is 2.48. The molecule has 1 fully saturated rings. The van der Waals surface area contributed by atoms with Crippen molar-refractivity contribution in [1.29, 1.82) is 0 Å². The third-order valence-corrected chi connectivity index (χ3v) is 6.27. The monoisotopic (exact) mass is 411 g/mol. The lowest BCUT2D eigenvalue weighted by Crippen LogP contribution is -2.37. The van der Waals surface area contributed by atoms with E-state index in [2.05, 4.69) is 43.3 Å². The van der Waals surface area contributed by atoms with Crippen LogP contribution in [-0.4, -0.2) is 48.8 Å². The summed E-state index contributed by atoms with van der Waals surface area (Å²) >= 11 is 6.05. The molecule has 0 saturated heterocycles. The number of rotatable bonds is 7. The second kappa shape index (κ2) is 7.47. The number of hydrogen-bond acceptors (Lipinski definition) is 3. The van der Waals surface area contributed by atoms with Gasteiger partial charge in [-0.05, 0) is 62.2 Å². The molecule has 2 aromatic rings. The molecule has 1 unspecified atom stereocenters. The predicted octanol–water partition coefficient (Wildman–Crippen LogP) is 3.16. The largest absolute Gasteiger partial charge is 0.368 e. The van der Waals surface area contributed by atoms with Gasteiger partial charge in [0.05, 0.1) is 0 Å². The summed E-state index contributed by atoms with van der Waals surface area (Å²) in [5.74, 6) is -0.704. The van der Waals surface area contributed by atoms with Crippen LogP contribution in [0.5, 0.6) is 0 Å². The third-order valence-electron chi connectivity index (χ3n) is 6.04. The lowest BCUT2D eigenvalue weighted by molar-refractivity contribution is -0.122. The van der Waals surface area contributed by atoms with Crippen LogP contribution in [0.1, 0.15) is 45.9 Å². The number of primary amides is 1. The van der Waals surface area contributed by atoms with Gasteiger partial charge in [0.25, 0.3) is 5.91 Å². The highest BCUT2D eigenvalue weighted by atomic mass is 35.5. The van der Waals surface area contributed by atoms with E-state index in [0.717, 1.165) is 12.1 Å². The molecule has 5 nitrogen and oxygen atoms in total. The summed E-state index contributed by atoms with van der Waals surface area (Å²) in [6, 6.07) is 12.9. The number of benzene rings is 2. The molecule has 2 amide bonds. The van der Waals surface area contributed by atoms with Crippen LogP contribution in [0.3, 0.4) is 0 Å². The van der Waals surface area contributed by atoms with E-state index in [4.69, 9.17) is 17.3 Å². The Kier molecular flexibility index (Phi) is 5.13. The van der Waals surface area contributed by atoms with Crippen molar-refractivity contribution in [3.05, 3.63) is 69.7 Å². The van der Waals surface area contributed by atoms with Crippen LogP contribution in [0.4, 0.5) is 0 Å². The first-order valence-corrected chi connectivity index (χ1v) is 10.3. The Hall–Kier alpha value is -2.37. The third kappa shape index (κ3) is 3.77. The Morgan fingerprint density at radius 1 is 1.24 bits per heavy atom. The van der Waals surface area contributed by atoms with E-state index < -0.39 is 11.9 Å². The number of nitrogens with zero attached hydrogens (tertiary/aromatic N) is 2. The highest BCUT2D eigenvalue weighted by molar-refractivity contribution is 6.31. The number of nitrogens with two attached hydrogens (primary N) is 1. The first-order valence-electron chi connectivity index (χ1n) is 9.95. The maximum atomic E-state index is 12.9. The summed E-state index contributed by atoms with van der Waals surface area (Å²) in [5.41, 5.74) is 9.53. The van der Waals surface area contributed by atoms with Crippen molar-refractivity contribution in [2.45, 2.75) is 30.7 Å². The number of amides is 2. The van der Waals surface area contributed by atoms with Gasteiger partial charge < -0.3 is 15.5 Å². The van der Waals surface area contributed by atoms with Crippen molar-refractivity contribution in [2.75, 3.05) is 27.2 Å². The zero-order valence-corrected chi connectivity index (χ0v) is 17.6. The molecule has 6 heteroatoms. The smallest absolute Gasteiger partial charge is 0.255 e. The zero-order valence-electron chi connectivity index (χ0n) is 16.8. The van der Waals surface area contributed by atoms with Gasteiger partial charge in [0.15, 0.2) is 0 Å². The van der Waals surface area contributed by atoms with Crippen LogP contribution >= 0.6 is 11.6 Å². The fourth-order valence-electron chi connectivity index (χ4n) is 4.53. The lowest BCUT2D eigenvalue weighted by atomic mass is 9.93. The van der Waals surface area contributed by atoms with Gasteiger partial charge >= 0.3 is 0 Å². The van der Waals surface area contributed by atoms with Gasteiger partial charge in [-0.3, -0.25) is 9.59 Å². The average Bonchev–Trinajstić information content (AvgIpc) is 3.39. The van der Waals surface area contributed by atoms with Crippen LogP contribution in [0, 0.1) is 0 Å². The molecular formula is C23H26ClN3O2. The molecule has 0 radical (unpaired) electrons. The fraction of sp³-hybridized carbons (Fsp3) is 0.391. The van der Waals surface area contributed by atoms with Crippen molar-refractivity contribution in [3.63, 3.8) is 0 Å². The molecular weight excluding hydrogens is 386 g/mol. The second-order valence-corrected chi connectivity index (χ2v) is 8.94. The fourth-order valence-corrected chi connectivity index (χ4v) is 4.70. The minimum atomic E-state index is -0.735. The number of halogens is 1. The Bertz CT molecular complexity index is 968. The van der Waals surface area contributed by atoms with Crippen LogP contribution in [-0.2, 0) is 16.6 Å². The molecule has 152 valence electrons. The zero-order chi connectivity index (χ0) is 20.8. The van der Waals surface area contributed by atoms with E-state index >= 15 is 0 Å². The minimum Gasteiger partial charge on any atom is -0.368 e. The quantitative estimate of drug-likeness (QED) is 0.761. The summed E-state index contributed by atoms with van der Waals surface area (Å²) in [7, 11) is 4.22. The van der Waals surface area contributed by atoms with Gasteiger partial charge in [-0.25, -0.2) is 0 Å². The number of likely N-dealkylation sites (N-methyl/N-ethyl adjacent to an activating group) is 1. The Labute approximate surface area is 176 Å². The van der Waals surface area contributed by atoms with Gasteiger partial charge in [-0.1, -0.05) is 41.9 Å². The van der Waals surface area contributed by atoms with E-state index in [0.29, 0.717) is 29.1 Å². The van der Waals surface area contributed by atoms with Gasteiger partial charge in [0.2, 0.25) is 5.91 Å². The summed E-state index contributed by atoms with van der Waals surface area (Å²) in [4.78, 5) is 28.8. The minimum absolute atomic E-state index is 0.186. The molecule has 0 spiro atoms. The van der Waals surface area contributed by atoms with E-state index in [-0.39, 0.29) is 11.3 Å². The summed E-state index contributed by atoms with van der Waals surface area (Å²) in [6.45, 7) is 1.48. The van der Waals surface area contributed by atoms with Crippen molar-refractivity contribution in [2.24, 2.45) is 5.73 Å². The average molecular weight is 412 g/mol. The molecule has 2 N–H and O–H groups in total. The van der Waals surface area contributed by atoms with Crippen molar-refractivity contribution in [1.82, 2.24) is 9.80 Å². The molecule has 1 aliphatic carbocycles. The Balaban J connectivity index is 1.53. The van der Waals surface area contributed by atoms with Gasteiger partial charge in [-0.2, -0.15) is 0 Å². The second-order valence-electron chi connectivity index (χ2n) is 8.50. The molecule has 1 atom stereocenters. The number of carbonyl (C=O) groups excluding carboxylic acids is 2. The molecule has 1 saturated carbocycles. The van der Waals surface area contributed by atoms with Crippen LogP contribution in [0.2, 0.25) is 5.02 Å². The number of hydrogen-bond donors (Lipinski definition) is 1. The van der Waals surface area contributed by atoms with Gasteiger partial charge in [0.1, 0.15) is 6.04 Å². The molecule has 1 heterocycles. The standard InChI is InChI=1S/C23H26ClN3O2/c1-26(2)14-23(9-10-23)16-5-3-4-15(12-16)8-11-27-20(21(25)28)18-7-6-17(24)13-19(18)22(27)29/h3-7,12-13,20H,8-11,14H2,1-2H3,(H2,25,28). The van der Waals surface area contributed by atoms with Crippen LogP contribution in [0.15, 0.2) is 42.5 Å². The maximum absolute atomic E-state index is 12.9. The predicted molar refractivity (Wildman–Crippen MR) is 114 cm³/mol. The first kappa shape index (κ1) is 19.9. The van der Waals surface area contributed by atoms with Crippen molar-refractivity contribution >= 4 is 23.4 Å². The molecule has 0 bridgehead atoms. The summed E-state index contributed by atoms with van der Waals surface area (Å²) < 4.78 is 0. The summed E-state index contributed by atoms with van der Waals surface area (Å²) in [6.07, 6.45) is 3.08. The maximum Gasteiger partial charge on any atom is 0.255 e. The normalized spacial score (nSPS) is 19.5. The van der Waals surface area contributed by atoms with E-state index in [9.17, 15) is 9.59 Å². The van der Waals surface area contributed by atoms with Crippen LogP contribution < -0.4 is 5.73 Å². The van der Waals surface area contributed by atoms with Crippen LogP contribution in [0.25, 0.3) is 0 Å². The molecule has 29 heavy (non-hydrogen) atoms. The molecule has 0 aromatic heterocycles. The Morgan fingerprint density at radius 3 is 2.66 bits per heavy atom. The lowest BCUT2D eigenvalue weighted by Gasteiger charge is -2.24. The Morgan fingerprint density at radius 2 is 2.00 bits per heavy atom. The van der Waals surface area contributed by atoms with Crippen molar-refractivity contribution < 1.29 is 9.59 Å². The number of fused-ring (bicyclic) bond motifs is 1. The van der Waals surface area contributed by atoms with Crippen molar-refractivity contribution in [3.8, 4) is 0 Å². The van der Waals surface area contributed by atoms with E-state index in [1.165, 1.54) is 18.4 Å².